The van der Waals surface area contributed by atoms with Gasteiger partial charge in [-0.2, -0.15) is 0 Å². The van der Waals surface area contributed by atoms with Crippen LogP contribution in [0.25, 0.3) is 0 Å². The lowest BCUT2D eigenvalue weighted by Gasteiger charge is -2.24. The molecule has 0 radical (unpaired) electrons. The zero-order valence-corrected chi connectivity index (χ0v) is 13.7. The van der Waals surface area contributed by atoms with Gasteiger partial charge in [-0.1, -0.05) is 19.9 Å². The summed E-state index contributed by atoms with van der Waals surface area (Å²) < 4.78 is 1.23. The predicted octanol–water partition coefficient (Wildman–Crippen LogP) is 4.19. The monoisotopic (exact) mass is 324 g/mol. The van der Waals surface area contributed by atoms with E-state index in [1.807, 2.05) is 0 Å². The Kier molecular flexibility index (Phi) is 5.71. The number of nitrogens with zero attached hydrogens (tertiary/aromatic N) is 1. The van der Waals surface area contributed by atoms with Gasteiger partial charge in [0.2, 0.25) is 0 Å². The summed E-state index contributed by atoms with van der Waals surface area (Å²) in [6.07, 6.45) is 3.99. The molecule has 2 nitrogen and oxygen atoms in total. The predicted molar refractivity (Wildman–Crippen MR) is 86.8 cm³/mol. The summed E-state index contributed by atoms with van der Waals surface area (Å²) >= 11 is 3.75. The molecule has 2 rings (SSSR count). The topological polar surface area (TPSA) is 15.3 Å². The number of nitrogens with one attached hydrogen (secondary N) is 1. The molecule has 1 fully saturated rings. The summed E-state index contributed by atoms with van der Waals surface area (Å²) in [5, 5.41) is 3.37. The fourth-order valence-electron chi connectivity index (χ4n) is 2.69. The Balaban J connectivity index is 2.07. The highest BCUT2D eigenvalue weighted by Gasteiger charge is 2.16. The van der Waals surface area contributed by atoms with Crippen LogP contribution in [0.2, 0.25) is 0 Å². The smallest absolute Gasteiger partial charge is 0.0510 e. The first-order valence-corrected chi connectivity index (χ1v) is 8.24. The van der Waals surface area contributed by atoms with E-state index < -0.39 is 0 Å². The summed E-state index contributed by atoms with van der Waals surface area (Å²) in [5.41, 5.74) is 2.70. The van der Waals surface area contributed by atoms with Crippen LogP contribution in [0.1, 0.15) is 38.7 Å². The van der Waals surface area contributed by atoms with Crippen LogP contribution < -0.4 is 10.2 Å². The van der Waals surface area contributed by atoms with E-state index in [9.17, 15) is 0 Å². The van der Waals surface area contributed by atoms with Crippen LogP contribution in [0.15, 0.2) is 22.7 Å². The van der Waals surface area contributed by atoms with Gasteiger partial charge in [-0.3, -0.25) is 0 Å². The first kappa shape index (κ1) is 14.9. The molecule has 1 aromatic carbocycles. The zero-order valence-electron chi connectivity index (χ0n) is 12.1. The summed E-state index contributed by atoms with van der Waals surface area (Å²) in [7, 11) is 0. The fraction of sp³-hybridized carbons (Fsp3) is 0.625. The number of hydrogen-bond acceptors (Lipinski definition) is 2. The molecule has 1 saturated heterocycles. The molecule has 1 unspecified atom stereocenters. The summed E-state index contributed by atoms with van der Waals surface area (Å²) in [4.78, 5) is 2.53. The third kappa shape index (κ3) is 4.22. The molecule has 0 aliphatic carbocycles. The second-order valence-electron chi connectivity index (χ2n) is 5.59. The molecule has 1 N–H and O–H groups in total. The summed E-state index contributed by atoms with van der Waals surface area (Å²) in [6.45, 7) is 8.86. The summed E-state index contributed by atoms with van der Waals surface area (Å²) in [6, 6.07) is 6.77. The Morgan fingerprint density at radius 1 is 1.32 bits per heavy atom. The van der Waals surface area contributed by atoms with Gasteiger partial charge in [0.15, 0.2) is 0 Å². The van der Waals surface area contributed by atoms with Crippen LogP contribution in [0.3, 0.4) is 0 Å². The van der Waals surface area contributed by atoms with E-state index in [1.54, 1.807) is 0 Å². The standard InChI is InChI=1S/C16H25BrN2/c1-3-18-12-14-6-7-16(15(17)11-14)19-9-4-5-13(2)8-10-19/h6-7,11,13,18H,3-5,8-10,12H2,1-2H3. The van der Waals surface area contributed by atoms with Crippen LogP contribution in [0.5, 0.6) is 0 Å². The minimum atomic E-state index is 0.872. The maximum atomic E-state index is 3.75. The Bertz CT molecular complexity index is 406. The maximum Gasteiger partial charge on any atom is 0.0510 e. The van der Waals surface area contributed by atoms with Gasteiger partial charge < -0.3 is 10.2 Å². The van der Waals surface area contributed by atoms with E-state index in [1.165, 1.54) is 48.1 Å². The molecule has 1 heterocycles. The van der Waals surface area contributed by atoms with E-state index in [4.69, 9.17) is 0 Å². The minimum absolute atomic E-state index is 0.872. The molecule has 0 saturated carbocycles. The SMILES string of the molecule is CCNCc1ccc(N2CCCC(C)CC2)c(Br)c1. The van der Waals surface area contributed by atoms with Crippen molar-refractivity contribution in [3.8, 4) is 0 Å². The van der Waals surface area contributed by atoms with E-state index in [0.29, 0.717) is 0 Å². The van der Waals surface area contributed by atoms with Gasteiger partial charge >= 0.3 is 0 Å². The van der Waals surface area contributed by atoms with E-state index in [-0.39, 0.29) is 0 Å². The van der Waals surface area contributed by atoms with Crippen molar-refractivity contribution >= 4 is 21.6 Å². The molecule has 106 valence electrons. The lowest BCUT2D eigenvalue weighted by molar-refractivity contribution is 0.521. The first-order chi connectivity index (χ1) is 9.20. The number of benzene rings is 1. The number of rotatable bonds is 4. The van der Waals surface area contributed by atoms with Gasteiger partial charge in [0.05, 0.1) is 5.69 Å². The van der Waals surface area contributed by atoms with Gasteiger partial charge in [-0.15, -0.1) is 0 Å². The normalized spacial score (nSPS) is 20.4. The van der Waals surface area contributed by atoms with E-state index in [2.05, 4.69) is 58.2 Å². The lowest BCUT2D eigenvalue weighted by atomic mass is 10.0. The van der Waals surface area contributed by atoms with Crippen LogP contribution in [0, 0.1) is 5.92 Å². The highest BCUT2D eigenvalue weighted by atomic mass is 79.9. The highest BCUT2D eigenvalue weighted by Crippen LogP contribution is 2.30. The molecular weight excluding hydrogens is 300 g/mol. The second kappa shape index (κ2) is 7.30. The van der Waals surface area contributed by atoms with Crippen LogP contribution in [-0.2, 0) is 6.54 Å². The molecule has 1 aliphatic rings. The van der Waals surface area contributed by atoms with Crippen molar-refractivity contribution in [3.05, 3.63) is 28.2 Å². The first-order valence-electron chi connectivity index (χ1n) is 7.44. The quantitative estimate of drug-likeness (QED) is 0.893. The molecule has 1 aromatic rings. The van der Waals surface area contributed by atoms with Gasteiger partial charge in [0.1, 0.15) is 0 Å². The fourth-order valence-corrected chi connectivity index (χ4v) is 3.37. The van der Waals surface area contributed by atoms with Crippen molar-refractivity contribution in [3.63, 3.8) is 0 Å². The van der Waals surface area contributed by atoms with Crippen molar-refractivity contribution in [1.29, 1.82) is 0 Å². The van der Waals surface area contributed by atoms with Gasteiger partial charge in [0, 0.05) is 24.1 Å². The maximum absolute atomic E-state index is 3.75. The molecule has 0 spiro atoms. The van der Waals surface area contributed by atoms with Crippen molar-refractivity contribution in [1.82, 2.24) is 5.32 Å². The molecule has 0 amide bonds. The van der Waals surface area contributed by atoms with E-state index >= 15 is 0 Å². The highest BCUT2D eigenvalue weighted by molar-refractivity contribution is 9.10. The minimum Gasteiger partial charge on any atom is -0.371 e. The van der Waals surface area contributed by atoms with Crippen LogP contribution in [-0.4, -0.2) is 19.6 Å². The van der Waals surface area contributed by atoms with Crippen molar-refractivity contribution in [2.75, 3.05) is 24.5 Å². The number of anilines is 1. The third-order valence-corrected chi connectivity index (χ3v) is 4.58. The molecule has 0 aromatic heterocycles. The van der Waals surface area contributed by atoms with E-state index in [0.717, 1.165) is 19.0 Å². The van der Waals surface area contributed by atoms with Crippen LogP contribution in [0.4, 0.5) is 5.69 Å². The lowest BCUT2D eigenvalue weighted by Crippen LogP contribution is -2.24. The molecule has 1 atom stereocenters. The van der Waals surface area contributed by atoms with Crippen LogP contribution >= 0.6 is 15.9 Å². The average Bonchev–Trinajstić information content (AvgIpc) is 2.61. The average molecular weight is 325 g/mol. The molecule has 0 bridgehead atoms. The molecule has 3 heteroatoms. The zero-order chi connectivity index (χ0) is 13.7. The van der Waals surface area contributed by atoms with Gasteiger partial charge in [-0.05, 0) is 65.4 Å². The Morgan fingerprint density at radius 3 is 2.89 bits per heavy atom. The number of hydrogen-bond donors (Lipinski definition) is 1. The molecular formula is C16H25BrN2. The van der Waals surface area contributed by atoms with Crippen molar-refractivity contribution < 1.29 is 0 Å². The Hall–Kier alpha value is -0.540. The Morgan fingerprint density at radius 2 is 2.16 bits per heavy atom. The molecule has 1 aliphatic heterocycles. The third-order valence-electron chi connectivity index (χ3n) is 3.95. The van der Waals surface area contributed by atoms with Crippen molar-refractivity contribution in [2.45, 2.75) is 39.7 Å². The summed E-state index contributed by atoms with van der Waals surface area (Å²) in [5.74, 6) is 0.872. The number of halogens is 1. The van der Waals surface area contributed by atoms with Crippen molar-refractivity contribution in [2.24, 2.45) is 5.92 Å². The second-order valence-corrected chi connectivity index (χ2v) is 6.44. The van der Waals surface area contributed by atoms with Gasteiger partial charge in [0.25, 0.3) is 0 Å². The van der Waals surface area contributed by atoms with Gasteiger partial charge in [-0.25, -0.2) is 0 Å². The molecule has 19 heavy (non-hydrogen) atoms. The largest absolute Gasteiger partial charge is 0.371 e. The Labute approximate surface area is 125 Å².